The normalized spacial score (nSPS) is 13.6. The zero-order valence-corrected chi connectivity index (χ0v) is 15.6. The third kappa shape index (κ3) is 4.88. The van der Waals surface area contributed by atoms with Crippen molar-refractivity contribution in [3.8, 4) is 5.75 Å². The minimum Gasteiger partial charge on any atom is -0.484 e. The number of nitrogens with zero attached hydrogens (tertiary/aromatic N) is 1. The molecule has 0 fully saturated rings. The first kappa shape index (κ1) is 19.4. The van der Waals surface area contributed by atoms with E-state index in [0.29, 0.717) is 30.1 Å². The fourth-order valence-corrected chi connectivity index (χ4v) is 2.91. The highest BCUT2D eigenvalue weighted by atomic mass is 19.1. The van der Waals surface area contributed by atoms with Crippen LogP contribution in [0, 0.1) is 12.7 Å². The Bertz CT molecular complexity index is 910. The number of halogens is 1. The molecule has 2 aromatic rings. The van der Waals surface area contributed by atoms with E-state index in [9.17, 15) is 14.0 Å². The molecule has 0 aromatic heterocycles. The molecule has 0 unspecified atom stereocenters. The van der Waals surface area contributed by atoms with Gasteiger partial charge in [0, 0.05) is 18.8 Å². The molecule has 7 heteroatoms. The van der Waals surface area contributed by atoms with Crippen molar-refractivity contribution in [3.05, 3.63) is 65.5 Å². The quantitative estimate of drug-likeness (QED) is 0.831. The molecule has 2 aromatic carbocycles. The lowest BCUT2D eigenvalue weighted by Crippen LogP contribution is -2.38. The summed E-state index contributed by atoms with van der Waals surface area (Å²) in [4.78, 5) is 24.7. The predicted molar refractivity (Wildman–Crippen MR) is 105 cm³/mol. The zero-order valence-electron chi connectivity index (χ0n) is 15.6. The second-order valence-electron chi connectivity index (χ2n) is 6.59. The monoisotopic (exact) mass is 383 g/mol. The molecule has 1 heterocycles. The fraction of sp³-hybridized carbons (Fsp3) is 0.238. The van der Waals surface area contributed by atoms with Gasteiger partial charge in [0.15, 0.2) is 6.61 Å². The summed E-state index contributed by atoms with van der Waals surface area (Å²) in [6, 6.07) is 11.5. The molecule has 6 nitrogen and oxygen atoms in total. The smallest absolute Gasteiger partial charge is 0.315 e. The first-order valence-electron chi connectivity index (χ1n) is 8.95. The van der Waals surface area contributed by atoms with Gasteiger partial charge in [-0.05, 0) is 54.3 Å². The van der Waals surface area contributed by atoms with Gasteiger partial charge < -0.3 is 20.7 Å². The van der Waals surface area contributed by atoms with E-state index in [-0.39, 0.29) is 18.3 Å². The van der Waals surface area contributed by atoms with Crippen molar-refractivity contribution in [2.24, 2.45) is 5.73 Å². The number of nitrogens with one attached hydrogen (secondary N) is 1. The summed E-state index contributed by atoms with van der Waals surface area (Å²) in [5.74, 6) is -0.178. The molecule has 0 saturated heterocycles. The van der Waals surface area contributed by atoms with E-state index in [2.05, 4.69) is 5.32 Å². The van der Waals surface area contributed by atoms with Crippen LogP contribution in [0.4, 0.5) is 14.9 Å². The van der Waals surface area contributed by atoms with E-state index in [1.54, 1.807) is 36.1 Å². The molecule has 0 bridgehead atoms. The van der Waals surface area contributed by atoms with Crippen molar-refractivity contribution in [3.63, 3.8) is 0 Å². The Morgan fingerprint density at radius 1 is 1.21 bits per heavy atom. The first-order chi connectivity index (χ1) is 13.4. The number of carbonyl (C=O) groups excluding carboxylic acids is 2. The Hall–Kier alpha value is -3.35. The lowest BCUT2D eigenvalue weighted by atomic mass is 9.99. The van der Waals surface area contributed by atoms with Crippen LogP contribution in [0.2, 0.25) is 0 Å². The van der Waals surface area contributed by atoms with Crippen molar-refractivity contribution in [1.29, 1.82) is 0 Å². The number of rotatable bonds is 5. The van der Waals surface area contributed by atoms with Gasteiger partial charge in [-0.25, -0.2) is 9.18 Å². The number of primary amides is 1. The number of hydrogen-bond donors (Lipinski definition) is 2. The Balaban J connectivity index is 1.52. The molecule has 0 radical (unpaired) electrons. The Kier molecular flexibility index (Phi) is 5.93. The molecule has 1 aliphatic heterocycles. The highest BCUT2D eigenvalue weighted by Crippen LogP contribution is 2.24. The largest absolute Gasteiger partial charge is 0.484 e. The van der Waals surface area contributed by atoms with Crippen molar-refractivity contribution in [1.82, 2.24) is 4.90 Å². The molecule has 1 aliphatic rings. The predicted octanol–water partition coefficient (Wildman–Crippen LogP) is 3.32. The molecular formula is C21H22FN3O3. The van der Waals surface area contributed by atoms with Crippen LogP contribution in [0.3, 0.4) is 0 Å². The number of urea groups is 1. The van der Waals surface area contributed by atoms with Gasteiger partial charge in [-0.1, -0.05) is 24.3 Å². The Morgan fingerprint density at radius 2 is 1.96 bits per heavy atom. The molecule has 0 saturated carbocycles. The van der Waals surface area contributed by atoms with E-state index in [4.69, 9.17) is 10.5 Å². The number of nitrogens with two attached hydrogens (primary N) is 1. The molecule has 0 atom stereocenters. The molecule has 146 valence electrons. The van der Waals surface area contributed by atoms with E-state index in [1.807, 2.05) is 18.2 Å². The van der Waals surface area contributed by atoms with Crippen molar-refractivity contribution < 1.29 is 18.7 Å². The van der Waals surface area contributed by atoms with E-state index < -0.39 is 6.03 Å². The molecule has 0 spiro atoms. The number of benzene rings is 2. The molecule has 3 N–H and O–H groups in total. The summed E-state index contributed by atoms with van der Waals surface area (Å²) in [5, 5.41) is 2.60. The summed E-state index contributed by atoms with van der Waals surface area (Å²) in [6.07, 6.45) is 2.72. The third-order valence-electron chi connectivity index (χ3n) is 4.57. The highest BCUT2D eigenvalue weighted by Gasteiger charge is 2.15. The van der Waals surface area contributed by atoms with Gasteiger partial charge in [0.1, 0.15) is 11.6 Å². The van der Waals surface area contributed by atoms with Crippen molar-refractivity contribution >= 4 is 23.2 Å². The number of hydrogen-bond acceptors (Lipinski definition) is 3. The maximum absolute atomic E-state index is 13.5. The van der Waals surface area contributed by atoms with E-state index in [1.165, 1.54) is 6.07 Å². The van der Waals surface area contributed by atoms with E-state index >= 15 is 0 Å². The minimum absolute atomic E-state index is 0.175. The summed E-state index contributed by atoms with van der Waals surface area (Å²) in [5.41, 5.74) is 8.37. The average molecular weight is 383 g/mol. The van der Waals surface area contributed by atoms with Crippen LogP contribution in [0.1, 0.15) is 17.5 Å². The number of amides is 3. The lowest BCUT2D eigenvalue weighted by Gasteiger charge is -2.24. The number of aryl methyl sites for hydroxylation is 1. The van der Waals surface area contributed by atoms with Crippen LogP contribution >= 0.6 is 0 Å². The number of anilines is 1. The van der Waals surface area contributed by atoms with Gasteiger partial charge in [-0.2, -0.15) is 0 Å². The topological polar surface area (TPSA) is 84.7 Å². The molecule has 3 rings (SSSR count). The van der Waals surface area contributed by atoms with Crippen molar-refractivity contribution in [2.45, 2.75) is 13.3 Å². The number of ether oxygens (including phenoxy) is 1. The molecule has 0 aliphatic carbocycles. The average Bonchev–Trinajstić information content (AvgIpc) is 2.70. The summed E-state index contributed by atoms with van der Waals surface area (Å²) >= 11 is 0. The Labute approximate surface area is 162 Å². The summed E-state index contributed by atoms with van der Waals surface area (Å²) < 4.78 is 19.0. The number of carbonyl (C=O) groups is 2. The molecular weight excluding hydrogens is 361 g/mol. The van der Waals surface area contributed by atoms with Gasteiger partial charge in [0.2, 0.25) is 0 Å². The van der Waals surface area contributed by atoms with Crippen LogP contribution in [-0.4, -0.2) is 36.5 Å². The second kappa shape index (κ2) is 8.56. The highest BCUT2D eigenvalue weighted by molar-refractivity contribution is 5.91. The van der Waals surface area contributed by atoms with Crippen LogP contribution < -0.4 is 15.8 Å². The Morgan fingerprint density at radius 3 is 2.57 bits per heavy atom. The first-order valence-corrected chi connectivity index (χ1v) is 8.95. The van der Waals surface area contributed by atoms with Gasteiger partial charge in [0.05, 0.1) is 0 Å². The van der Waals surface area contributed by atoms with Crippen molar-refractivity contribution in [2.75, 3.05) is 25.0 Å². The van der Waals surface area contributed by atoms with Gasteiger partial charge in [0.25, 0.3) is 5.91 Å². The maximum Gasteiger partial charge on any atom is 0.315 e. The fourth-order valence-electron chi connectivity index (χ4n) is 2.91. The van der Waals surface area contributed by atoms with Gasteiger partial charge >= 0.3 is 6.03 Å². The van der Waals surface area contributed by atoms with Crippen LogP contribution in [0.15, 0.2) is 48.5 Å². The standard InChI is InChI=1S/C21H22FN3O3/c1-14-2-5-17(12-19(14)22)24-20(26)13-28-18-6-3-15(4-7-18)16-8-10-25(11-9-16)21(23)27/h2-8,12H,9-11,13H2,1H3,(H2,23,27)(H,24,26). The summed E-state index contributed by atoms with van der Waals surface area (Å²) in [7, 11) is 0. The SMILES string of the molecule is Cc1ccc(NC(=O)COc2ccc(C3=CCN(C(N)=O)CC3)cc2)cc1F. The van der Waals surface area contributed by atoms with E-state index in [0.717, 1.165) is 17.6 Å². The third-order valence-corrected chi connectivity index (χ3v) is 4.57. The summed E-state index contributed by atoms with van der Waals surface area (Å²) in [6.45, 7) is 2.58. The minimum atomic E-state index is -0.411. The van der Waals surface area contributed by atoms with Crippen LogP contribution in [0.25, 0.3) is 5.57 Å². The second-order valence-corrected chi connectivity index (χ2v) is 6.59. The lowest BCUT2D eigenvalue weighted by molar-refractivity contribution is -0.118. The molecule has 3 amide bonds. The zero-order chi connectivity index (χ0) is 20.1. The van der Waals surface area contributed by atoms with Gasteiger partial charge in [-0.15, -0.1) is 0 Å². The van der Waals surface area contributed by atoms with Gasteiger partial charge in [-0.3, -0.25) is 4.79 Å². The van der Waals surface area contributed by atoms with Crippen LogP contribution in [-0.2, 0) is 4.79 Å². The molecule has 28 heavy (non-hydrogen) atoms. The van der Waals surface area contributed by atoms with Crippen LogP contribution in [0.5, 0.6) is 5.75 Å². The maximum atomic E-state index is 13.5.